The van der Waals surface area contributed by atoms with Crippen LogP contribution in [0.15, 0.2) is 12.3 Å². The summed E-state index contributed by atoms with van der Waals surface area (Å²) in [5.41, 5.74) is 5.71. The number of alkyl halides is 3. The summed E-state index contributed by atoms with van der Waals surface area (Å²) in [6.45, 7) is -0.262. The molecule has 0 saturated heterocycles. The van der Waals surface area contributed by atoms with E-state index in [0.29, 0.717) is 5.02 Å². The van der Waals surface area contributed by atoms with Crippen molar-refractivity contribution in [1.29, 1.82) is 0 Å². The van der Waals surface area contributed by atoms with E-state index in [1.165, 1.54) is 12.3 Å². The Hall–Kier alpha value is -1.17. The summed E-state index contributed by atoms with van der Waals surface area (Å²) < 4.78 is 35.4. The first kappa shape index (κ1) is 11.9. The Labute approximate surface area is 89.4 Å². The van der Waals surface area contributed by atoms with E-state index in [1.807, 2.05) is 0 Å². The van der Waals surface area contributed by atoms with Crippen molar-refractivity contribution in [2.24, 2.45) is 0 Å². The molecule has 0 radical (unpaired) electrons. The first-order valence-corrected chi connectivity index (χ1v) is 4.48. The molecule has 84 valence electrons. The fourth-order valence-corrected chi connectivity index (χ4v) is 1.09. The Kier molecular flexibility index (Phi) is 3.62. The van der Waals surface area contributed by atoms with Crippen LogP contribution in [0.25, 0.3) is 0 Å². The fourth-order valence-electron chi connectivity index (χ4n) is 0.925. The molecule has 1 aromatic rings. The van der Waals surface area contributed by atoms with Gasteiger partial charge < -0.3 is 11.1 Å². The van der Waals surface area contributed by atoms with E-state index in [9.17, 15) is 13.2 Å². The van der Waals surface area contributed by atoms with Crippen molar-refractivity contribution in [1.82, 2.24) is 4.98 Å². The third-order valence-electron chi connectivity index (χ3n) is 1.58. The Morgan fingerprint density at radius 3 is 2.67 bits per heavy atom. The third kappa shape index (κ3) is 4.24. The van der Waals surface area contributed by atoms with Gasteiger partial charge in [-0.25, -0.2) is 4.98 Å². The standard InChI is InChI=1S/C8H9ClF3N3/c9-5-3-6(13)7(15-4-5)14-2-1-8(10,11)12/h3-4H,1-2,13H2,(H,14,15). The molecule has 1 heterocycles. The smallest absolute Gasteiger partial charge is 0.390 e. The normalized spacial score (nSPS) is 11.5. The molecule has 0 spiro atoms. The predicted octanol–water partition coefficient (Wildman–Crippen LogP) is 2.68. The number of aromatic nitrogens is 1. The molecular formula is C8H9ClF3N3. The zero-order valence-electron chi connectivity index (χ0n) is 7.61. The number of nitrogen functional groups attached to an aromatic ring is 1. The molecule has 3 N–H and O–H groups in total. The van der Waals surface area contributed by atoms with Crippen molar-refractivity contribution in [2.45, 2.75) is 12.6 Å². The molecule has 0 bridgehead atoms. The van der Waals surface area contributed by atoms with E-state index in [2.05, 4.69) is 10.3 Å². The SMILES string of the molecule is Nc1cc(Cl)cnc1NCCC(F)(F)F. The van der Waals surface area contributed by atoms with E-state index < -0.39 is 12.6 Å². The molecule has 0 aliphatic carbocycles. The Morgan fingerprint density at radius 1 is 1.47 bits per heavy atom. The maximum atomic E-state index is 11.8. The molecule has 0 saturated carbocycles. The van der Waals surface area contributed by atoms with Gasteiger partial charge in [-0.05, 0) is 6.07 Å². The Balaban J connectivity index is 2.51. The summed E-state index contributed by atoms with van der Waals surface area (Å²) >= 11 is 5.57. The first-order chi connectivity index (χ1) is 6.88. The summed E-state index contributed by atoms with van der Waals surface area (Å²) in [5, 5.41) is 2.82. The molecular weight excluding hydrogens is 231 g/mol. The number of nitrogens with one attached hydrogen (secondary N) is 1. The fraction of sp³-hybridized carbons (Fsp3) is 0.375. The van der Waals surface area contributed by atoms with E-state index in [1.54, 1.807) is 0 Å². The van der Waals surface area contributed by atoms with Gasteiger partial charge in [0.25, 0.3) is 0 Å². The average Bonchev–Trinajstić information content (AvgIpc) is 2.07. The molecule has 0 unspecified atom stereocenters. The number of hydrogen-bond donors (Lipinski definition) is 2. The third-order valence-corrected chi connectivity index (χ3v) is 1.79. The number of nitrogens with zero attached hydrogens (tertiary/aromatic N) is 1. The van der Waals surface area contributed by atoms with Crippen LogP contribution in [0.1, 0.15) is 6.42 Å². The van der Waals surface area contributed by atoms with Crippen LogP contribution in [0, 0.1) is 0 Å². The highest BCUT2D eigenvalue weighted by Gasteiger charge is 2.26. The van der Waals surface area contributed by atoms with E-state index in [0.717, 1.165) is 0 Å². The van der Waals surface area contributed by atoms with Crippen molar-refractivity contribution in [3.63, 3.8) is 0 Å². The molecule has 0 aliphatic heterocycles. The topological polar surface area (TPSA) is 50.9 Å². The van der Waals surface area contributed by atoms with Gasteiger partial charge in [-0.15, -0.1) is 0 Å². The second-order valence-electron chi connectivity index (χ2n) is 2.88. The number of halogens is 4. The monoisotopic (exact) mass is 239 g/mol. The van der Waals surface area contributed by atoms with Gasteiger partial charge in [-0.1, -0.05) is 11.6 Å². The summed E-state index contributed by atoms with van der Waals surface area (Å²) in [5.74, 6) is 0.212. The molecule has 0 aliphatic rings. The van der Waals surface area contributed by atoms with Crippen molar-refractivity contribution in [3.05, 3.63) is 17.3 Å². The molecule has 0 aromatic carbocycles. The van der Waals surface area contributed by atoms with Crippen LogP contribution in [-0.2, 0) is 0 Å². The molecule has 0 amide bonds. The second kappa shape index (κ2) is 4.57. The van der Waals surface area contributed by atoms with Gasteiger partial charge in [0.15, 0.2) is 0 Å². The lowest BCUT2D eigenvalue weighted by atomic mass is 10.3. The lowest BCUT2D eigenvalue weighted by Crippen LogP contribution is -2.15. The Morgan fingerprint density at radius 2 is 2.13 bits per heavy atom. The van der Waals surface area contributed by atoms with Crippen LogP contribution < -0.4 is 11.1 Å². The predicted molar refractivity (Wildman–Crippen MR) is 52.8 cm³/mol. The number of nitrogens with two attached hydrogens (primary N) is 1. The number of anilines is 2. The van der Waals surface area contributed by atoms with Gasteiger partial charge in [0.05, 0.1) is 17.1 Å². The lowest BCUT2D eigenvalue weighted by Gasteiger charge is -2.09. The molecule has 1 rings (SSSR count). The maximum Gasteiger partial charge on any atom is 0.390 e. The van der Waals surface area contributed by atoms with Gasteiger partial charge in [-0.2, -0.15) is 13.2 Å². The highest BCUT2D eigenvalue weighted by Crippen LogP contribution is 2.22. The van der Waals surface area contributed by atoms with Crippen LogP contribution in [0.3, 0.4) is 0 Å². The van der Waals surface area contributed by atoms with Crippen LogP contribution >= 0.6 is 11.6 Å². The van der Waals surface area contributed by atoms with Crippen LogP contribution in [0.5, 0.6) is 0 Å². The maximum absolute atomic E-state index is 11.8. The lowest BCUT2D eigenvalue weighted by molar-refractivity contribution is -0.131. The van der Waals surface area contributed by atoms with Crippen LogP contribution in [0.4, 0.5) is 24.7 Å². The summed E-state index contributed by atoms with van der Waals surface area (Å²) in [6, 6.07) is 1.42. The minimum Gasteiger partial charge on any atom is -0.396 e. The van der Waals surface area contributed by atoms with Gasteiger partial charge in [0, 0.05) is 12.7 Å². The molecule has 3 nitrogen and oxygen atoms in total. The van der Waals surface area contributed by atoms with Crippen molar-refractivity contribution in [3.8, 4) is 0 Å². The van der Waals surface area contributed by atoms with Crippen molar-refractivity contribution in [2.75, 3.05) is 17.6 Å². The minimum absolute atomic E-state index is 0.212. The van der Waals surface area contributed by atoms with Crippen LogP contribution in [0.2, 0.25) is 5.02 Å². The largest absolute Gasteiger partial charge is 0.396 e. The molecule has 7 heteroatoms. The quantitative estimate of drug-likeness (QED) is 0.853. The first-order valence-electron chi connectivity index (χ1n) is 4.10. The van der Waals surface area contributed by atoms with Gasteiger partial charge in [-0.3, -0.25) is 0 Å². The highest BCUT2D eigenvalue weighted by atomic mass is 35.5. The minimum atomic E-state index is -4.19. The van der Waals surface area contributed by atoms with Crippen LogP contribution in [-0.4, -0.2) is 17.7 Å². The summed E-state index contributed by atoms with van der Waals surface area (Å²) in [4.78, 5) is 3.76. The highest BCUT2D eigenvalue weighted by molar-refractivity contribution is 6.30. The molecule has 1 aromatic heterocycles. The van der Waals surface area contributed by atoms with E-state index >= 15 is 0 Å². The zero-order chi connectivity index (χ0) is 11.5. The summed E-state index contributed by atoms with van der Waals surface area (Å²) in [6.07, 6.45) is -3.81. The van der Waals surface area contributed by atoms with Gasteiger partial charge >= 0.3 is 6.18 Å². The zero-order valence-corrected chi connectivity index (χ0v) is 8.36. The van der Waals surface area contributed by atoms with E-state index in [4.69, 9.17) is 17.3 Å². The second-order valence-corrected chi connectivity index (χ2v) is 3.32. The van der Waals surface area contributed by atoms with Crippen molar-refractivity contribution < 1.29 is 13.2 Å². The number of rotatable bonds is 3. The molecule has 0 fully saturated rings. The van der Waals surface area contributed by atoms with E-state index in [-0.39, 0.29) is 18.1 Å². The van der Waals surface area contributed by atoms with Gasteiger partial charge in [0.1, 0.15) is 5.82 Å². The average molecular weight is 240 g/mol. The van der Waals surface area contributed by atoms with Gasteiger partial charge in [0.2, 0.25) is 0 Å². The number of hydrogen-bond acceptors (Lipinski definition) is 3. The number of pyridine rings is 1. The molecule has 0 atom stereocenters. The Bertz CT molecular complexity index is 340. The van der Waals surface area contributed by atoms with Crippen molar-refractivity contribution >= 4 is 23.1 Å². The summed E-state index contributed by atoms with van der Waals surface area (Å²) in [7, 11) is 0. The molecule has 15 heavy (non-hydrogen) atoms.